The molecular weight excluding hydrogens is 321 g/mol. The Balaban J connectivity index is 2.27. The van der Waals surface area contributed by atoms with Gasteiger partial charge in [-0.05, 0) is 19.1 Å². The average Bonchev–Trinajstić information content (AvgIpc) is 2.92. The Morgan fingerprint density at radius 2 is 2.21 bits per heavy atom. The molecule has 0 N–H and O–H groups in total. The van der Waals surface area contributed by atoms with Crippen LogP contribution in [0.3, 0.4) is 0 Å². The number of alkyl halides is 3. The number of aryl methyl sites for hydroxylation is 1. The number of anilines is 1. The number of amides is 1. The van der Waals surface area contributed by atoms with Crippen molar-refractivity contribution < 1.29 is 18.0 Å². The normalized spacial score (nSPS) is 11.1. The molecule has 0 aliphatic rings. The third kappa shape index (κ3) is 4.35. The minimum atomic E-state index is -4.40. The van der Waals surface area contributed by atoms with Crippen LogP contribution in [0.2, 0.25) is 0 Å². The van der Waals surface area contributed by atoms with Gasteiger partial charge in [-0.15, -0.1) is 6.42 Å². The third-order valence-corrected chi connectivity index (χ3v) is 3.25. The van der Waals surface area contributed by atoms with Crippen LogP contribution in [-0.2, 0) is 4.79 Å². The zero-order chi connectivity index (χ0) is 17.7. The molecule has 0 bridgehead atoms. The van der Waals surface area contributed by atoms with Gasteiger partial charge in [-0.1, -0.05) is 5.92 Å². The molecule has 126 valence electrons. The smallest absolute Gasteiger partial charge is 0.297 e. The largest absolute Gasteiger partial charge is 0.389 e. The first kappa shape index (κ1) is 17.5. The Bertz CT molecular complexity index is 747. The summed E-state index contributed by atoms with van der Waals surface area (Å²) in [5, 5.41) is 4.27. The second-order valence-corrected chi connectivity index (χ2v) is 5.05. The number of nitrogens with zero attached hydrogens (tertiary/aromatic N) is 4. The highest BCUT2D eigenvalue weighted by Crippen LogP contribution is 2.25. The van der Waals surface area contributed by atoms with Gasteiger partial charge in [0.2, 0.25) is 5.91 Å². The maximum Gasteiger partial charge on any atom is 0.389 e. The van der Waals surface area contributed by atoms with Crippen molar-refractivity contribution in [1.29, 1.82) is 0 Å². The van der Waals surface area contributed by atoms with Crippen molar-refractivity contribution >= 4 is 11.6 Å². The summed E-state index contributed by atoms with van der Waals surface area (Å²) in [6, 6.07) is 3.49. The predicted octanol–water partition coefficient (Wildman–Crippen LogP) is 2.88. The summed E-state index contributed by atoms with van der Waals surface area (Å²) in [6.07, 6.45) is 3.73. The molecule has 2 heterocycles. The van der Waals surface area contributed by atoms with Gasteiger partial charge in [-0.25, -0.2) is 4.68 Å². The van der Waals surface area contributed by atoms with Gasteiger partial charge in [0.15, 0.2) is 0 Å². The van der Waals surface area contributed by atoms with E-state index in [9.17, 15) is 18.0 Å². The molecule has 2 aromatic rings. The Kier molecular flexibility index (Phi) is 5.24. The Morgan fingerprint density at radius 1 is 1.46 bits per heavy atom. The number of hydrogen-bond donors (Lipinski definition) is 0. The molecule has 0 aliphatic heterocycles. The second-order valence-electron chi connectivity index (χ2n) is 5.05. The second kappa shape index (κ2) is 7.17. The van der Waals surface area contributed by atoms with E-state index in [1.807, 2.05) is 0 Å². The van der Waals surface area contributed by atoms with Crippen LogP contribution in [0, 0.1) is 19.3 Å². The summed E-state index contributed by atoms with van der Waals surface area (Å²) < 4.78 is 38.5. The van der Waals surface area contributed by atoms with Crippen LogP contribution in [0.15, 0.2) is 30.7 Å². The highest BCUT2D eigenvalue weighted by atomic mass is 19.4. The number of halogens is 3. The Morgan fingerprint density at radius 3 is 2.79 bits per heavy atom. The van der Waals surface area contributed by atoms with E-state index in [0.717, 1.165) is 4.90 Å². The lowest BCUT2D eigenvalue weighted by Crippen LogP contribution is -2.32. The highest BCUT2D eigenvalue weighted by Gasteiger charge is 2.30. The molecule has 0 atom stereocenters. The first-order valence-electron chi connectivity index (χ1n) is 7.09. The van der Waals surface area contributed by atoms with Gasteiger partial charge in [-0.3, -0.25) is 14.7 Å². The number of terminal acetylenes is 1. The fraction of sp³-hybridized carbons (Fsp3) is 0.312. The lowest BCUT2D eigenvalue weighted by atomic mass is 10.2. The molecular formula is C16H15F3N4O. The first-order chi connectivity index (χ1) is 11.3. The molecule has 2 aromatic heterocycles. The third-order valence-electron chi connectivity index (χ3n) is 3.25. The quantitative estimate of drug-likeness (QED) is 0.789. The number of rotatable bonds is 5. The molecule has 0 unspecified atom stereocenters. The number of pyridine rings is 1. The average molecular weight is 336 g/mol. The van der Waals surface area contributed by atoms with Gasteiger partial charge >= 0.3 is 6.18 Å². The van der Waals surface area contributed by atoms with Crippen LogP contribution in [0.1, 0.15) is 18.5 Å². The van der Waals surface area contributed by atoms with Crippen LogP contribution in [0.4, 0.5) is 18.9 Å². The Hall–Kier alpha value is -2.82. The van der Waals surface area contributed by atoms with E-state index in [1.54, 1.807) is 37.6 Å². The van der Waals surface area contributed by atoms with Gasteiger partial charge in [0.25, 0.3) is 0 Å². The van der Waals surface area contributed by atoms with Gasteiger partial charge in [-0.2, -0.15) is 18.3 Å². The van der Waals surface area contributed by atoms with E-state index in [4.69, 9.17) is 6.42 Å². The molecule has 8 heteroatoms. The molecule has 0 aliphatic carbocycles. The number of hydrogen-bond acceptors (Lipinski definition) is 3. The fourth-order valence-corrected chi connectivity index (χ4v) is 2.12. The van der Waals surface area contributed by atoms with Crippen molar-refractivity contribution in [3.8, 4) is 18.0 Å². The van der Waals surface area contributed by atoms with E-state index < -0.39 is 24.9 Å². The number of carbonyl (C=O) groups is 1. The lowest BCUT2D eigenvalue weighted by Gasteiger charge is -2.19. The van der Waals surface area contributed by atoms with Crippen molar-refractivity contribution in [3.05, 3.63) is 36.4 Å². The predicted molar refractivity (Wildman–Crippen MR) is 82.6 cm³/mol. The SMILES string of the molecule is C#CCN(C(=O)CCC(F)(F)F)c1cn(-c2cccnc2)nc1C. The molecule has 0 fully saturated rings. The molecule has 0 radical (unpaired) electrons. The molecule has 0 aromatic carbocycles. The Labute approximate surface area is 137 Å². The van der Waals surface area contributed by atoms with Crippen LogP contribution in [0.25, 0.3) is 5.69 Å². The molecule has 1 amide bonds. The van der Waals surface area contributed by atoms with E-state index in [-0.39, 0.29) is 6.54 Å². The topological polar surface area (TPSA) is 51.0 Å². The zero-order valence-electron chi connectivity index (χ0n) is 12.9. The van der Waals surface area contributed by atoms with E-state index in [0.29, 0.717) is 17.1 Å². The minimum absolute atomic E-state index is 0.129. The fourth-order valence-electron chi connectivity index (χ4n) is 2.12. The van der Waals surface area contributed by atoms with Gasteiger partial charge < -0.3 is 0 Å². The summed E-state index contributed by atoms with van der Waals surface area (Å²) >= 11 is 0. The van der Waals surface area contributed by atoms with Gasteiger partial charge in [0, 0.05) is 12.6 Å². The van der Waals surface area contributed by atoms with Crippen molar-refractivity contribution in [2.24, 2.45) is 0 Å². The van der Waals surface area contributed by atoms with Crippen molar-refractivity contribution in [2.45, 2.75) is 25.9 Å². The summed E-state index contributed by atoms with van der Waals surface area (Å²) in [5.74, 6) is 1.60. The van der Waals surface area contributed by atoms with E-state index in [1.165, 1.54) is 4.68 Å². The van der Waals surface area contributed by atoms with E-state index in [2.05, 4.69) is 16.0 Å². The minimum Gasteiger partial charge on any atom is -0.297 e. The van der Waals surface area contributed by atoms with Crippen LogP contribution < -0.4 is 4.90 Å². The van der Waals surface area contributed by atoms with E-state index >= 15 is 0 Å². The molecule has 24 heavy (non-hydrogen) atoms. The highest BCUT2D eigenvalue weighted by molar-refractivity contribution is 5.94. The van der Waals surface area contributed by atoms with Crippen LogP contribution in [0.5, 0.6) is 0 Å². The summed E-state index contributed by atoms with van der Waals surface area (Å²) in [7, 11) is 0. The molecule has 5 nitrogen and oxygen atoms in total. The van der Waals surface area contributed by atoms with Crippen molar-refractivity contribution in [3.63, 3.8) is 0 Å². The van der Waals surface area contributed by atoms with Crippen LogP contribution in [-0.4, -0.2) is 33.4 Å². The maximum atomic E-state index is 12.3. The maximum absolute atomic E-state index is 12.3. The lowest BCUT2D eigenvalue weighted by molar-refractivity contribution is -0.143. The summed E-state index contributed by atoms with van der Waals surface area (Å²) in [4.78, 5) is 17.3. The van der Waals surface area contributed by atoms with Gasteiger partial charge in [0.05, 0.1) is 42.4 Å². The molecule has 0 spiro atoms. The van der Waals surface area contributed by atoms with Crippen molar-refractivity contribution in [2.75, 3.05) is 11.4 Å². The number of carbonyl (C=O) groups excluding carboxylic acids is 1. The van der Waals surface area contributed by atoms with Crippen molar-refractivity contribution in [1.82, 2.24) is 14.8 Å². The van der Waals surface area contributed by atoms with Gasteiger partial charge in [0.1, 0.15) is 0 Å². The van der Waals surface area contributed by atoms with Crippen LogP contribution >= 0.6 is 0 Å². The first-order valence-corrected chi connectivity index (χ1v) is 7.09. The monoisotopic (exact) mass is 336 g/mol. The molecule has 0 saturated carbocycles. The standard InChI is InChI=1S/C16H15F3N4O/c1-3-9-22(15(24)6-7-16(17,18)19)14-11-23(21-12(14)2)13-5-4-8-20-10-13/h1,4-5,8,10-11H,6-7,9H2,2H3. The zero-order valence-corrected chi connectivity index (χ0v) is 12.9. The molecule has 2 rings (SSSR count). The number of aromatic nitrogens is 3. The summed E-state index contributed by atoms with van der Waals surface area (Å²) in [5.41, 5.74) is 1.52. The summed E-state index contributed by atoms with van der Waals surface area (Å²) in [6.45, 7) is 1.53. The molecule has 0 saturated heterocycles.